The van der Waals surface area contributed by atoms with Crippen LogP contribution in [0.1, 0.15) is 18.1 Å². The van der Waals surface area contributed by atoms with Crippen LogP contribution in [0.5, 0.6) is 5.88 Å². The van der Waals surface area contributed by atoms with E-state index in [1.54, 1.807) is 31.2 Å². The van der Waals surface area contributed by atoms with E-state index >= 15 is 0 Å². The number of nitrogens with zero attached hydrogens (tertiary/aromatic N) is 2. The number of pyridine rings is 2. The zero-order chi connectivity index (χ0) is 17.3. The highest BCUT2D eigenvalue weighted by Gasteiger charge is 2.37. The van der Waals surface area contributed by atoms with Gasteiger partial charge in [0.25, 0.3) is 0 Å². The number of alkyl halides is 3. The standard InChI is InChI=1S/C17H15F3N2O2/c1-3-24-9-10-8-21-15-11-6-4-5-7-12(11)22-16(23-2)13(15)14(10)17(18,19)20/h4-8H,3,9H2,1-2H3. The van der Waals surface area contributed by atoms with Gasteiger partial charge in [0, 0.05) is 23.8 Å². The molecule has 3 rings (SSSR count). The van der Waals surface area contributed by atoms with Crippen LogP contribution in [-0.2, 0) is 17.5 Å². The summed E-state index contributed by atoms with van der Waals surface area (Å²) in [6.45, 7) is 1.85. The van der Waals surface area contributed by atoms with Gasteiger partial charge < -0.3 is 9.47 Å². The SMILES string of the molecule is CCOCc1cnc2c(c(OC)nc3ccccc32)c1C(F)(F)F. The highest BCUT2D eigenvalue weighted by atomic mass is 19.4. The van der Waals surface area contributed by atoms with E-state index < -0.39 is 11.7 Å². The van der Waals surface area contributed by atoms with Gasteiger partial charge in [-0.3, -0.25) is 4.98 Å². The lowest BCUT2D eigenvalue weighted by Crippen LogP contribution is -2.13. The fourth-order valence-corrected chi connectivity index (χ4v) is 2.69. The average molecular weight is 336 g/mol. The van der Waals surface area contributed by atoms with Gasteiger partial charge in [-0.1, -0.05) is 18.2 Å². The first-order valence-corrected chi connectivity index (χ1v) is 7.36. The van der Waals surface area contributed by atoms with Gasteiger partial charge in [0.1, 0.15) is 0 Å². The Bertz CT molecular complexity index is 894. The van der Waals surface area contributed by atoms with Gasteiger partial charge in [-0.15, -0.1) is 0 Å². The van der Waals surface area contributed by atoms with Crippen molar-refractivity contribution in [1.29, 1.82) is 0 Å². The summed E-state index contributed by atoms with van der Waals surface area (Å²) in [6.07, 6.45) is -3.36. The van der Waals surface area contributed by atoms with E-state index in [0.29, 0.717) is 17.5 Å². The minimum absolute atomic E-state index is 0.0350. The molecule has 4 nitrogen and oxygen atoms in total. The lowest BCUT2D eigenvalue weighted by Gasteiger charge is -2.17. The number of rotatable bonds is 4. The van der Waals surface area contributed by atoms with Crippen LogP contribution >= 0.6 is 0 Å². The fourth-order valence-electron chi connectivity index (χ4n) is 2.69. The third kappa shape index (κ3) is 2.75. The first kappa shape index (κ1) is 16.4. The molecule has 2 heterocycles. The molecule has 7 heteroatoms. The molecule has 0 spiro atoms. The highest BCUT2D eigenvalue weighted by molar-refractivity contribution is 6.07. The molecule has 0 aliphatic carbocycles. The Morgan fingerprint density at radius 3 is 2.58 bits per heavy atom. The smallest absolute Gasteiger partial charge is 0.417 e. The van der Waals surface area contributed by atoms with E-state index in [9.17, 15) is 13.2 Å². The normalized spacial score (nSPS) is 12.0. The Hall–Kier alpha value is -2.41. The maximum atomic E-state index is 13.8. The van der Waals surface area contributed by atoms with Crippen LogP contribution in [0.2, 0.25) is 0 Å². The lowest BCUT2D eigenvalue weighted by molar-refractivity contribution is -0.137. The molecule has 0 saturated carbocycles. The number of hydrogen-bond donors (Lipinski definition) is 0. The summed E-state index contributed by atoms with van der Waals surface area (Å²) >= 11 is 0. The van der Waals surface area contributed by atoms with E-state index in [1.165, 1.54) is 13.3 Å². The second-order valence-corrected chi connectivity index (χ2v) is 5.16. The van der Waals surface area contributed by atoms with Crippen LogP contribution in [0.25, 0.3) is 21.8 Å². The van der Waals surface area contributed by atoms with Crippen LogP contribution in [0.3, 0.4) is 0 Å². The average Bonchev–Trinajstić information content (AvgIpc) is 2.57. The third-order valence-corrected chi connectivity index (χ3v) is 3.69. The molecule has 2 aromatic heterocycles. The molecule has 0 radical (unpaired) electrons. The Labute approximate surface area is 136 Å². The lowest BCUT2D eigenvalue weighted by atomic mass is 10.0. The number of fused-ring (bicyclic) bond motifs is 3. The minimum Gasteiger partial charge on any atom is -0.480 e. The zero-order valence-electron chi connectivity index (χ0n) is 13.1. The monoisotopic (exact) mass is 336 g/mol. The highest BCUT2D eigenvalue weighted by Crippen LogP contribution is 2.42. The molecule has 0 bridgehead atoms. The van der Waals surface area contributed by atoms with Crippen molar-refractivity contribution in [2.75, 3.05) is 13.7 Å². The van der Waals surface area contributed by atoms with Gasteiger partial charge in [0.15, 0.2) is 0 Å². The Balaban J connectivity index is 2.45. The number of aromatic nitrogens is 2. The van der Waals surface area contributed by atoms with Gasteiger partial charge in [-0.25, -0.2) is 4.98 Å². The van der Waals surface area contributed by atoms with Crippen LogP contribution < -0.4 is 4.74 Å². The predicted molar refractivity (Wildman–Crippen MR) is 83.9 cm³/mol. The number of hydrogen-bond acceptors (Lipinski definition) is 4. The molecule has 1 aromatic carbocycles. The van der Waals surface area contributed by atoms with E-state index in [0.717, 1.165) is 0 Å². The van der Waals surface area contributed by atoms with Crippen molar-refractivity contribution in [3.05, 3.63) is 41.6 Å². The molecule has 0 fully saturated rings. The number of methoxy groups -OCH3 is 1. The van der Waals surface area contributed by atoms with E-state index in [-0.39, 0.29) is 29.0 Å². The van der Waals surface area contributed by atoms with Gasteiger partial charge in [-0.2, -0.15) is 13.2 Å². The largest absolute Gasteiger partial charge is 0.480 e. The van der Waals surface area contributed by atoms with Gasteiger partial charge in [0.2, 0.25) is 5.88 Å². The maximum absolute atomic E-state index is 13.8. The molecule has 0 aliphatic heterocycles. The van der Waals surface area contributed by atoms with Crippen molar-refractivity contribution in [2.24, 2.45) is 0 Å². The summed E-state index contributed by atoms with van der Waals surface area (Å²) < 4.78 is 51.6. The van der Waals surface area contributed by atoms with E-state index in [1.807, 2.05) is 0 Å². The number of benzene rings is 1. The Morgan fingerprint density at radius 1 is 1.17 bits per heavy atom. The first-order chi connectivity index (χ1) is 11.5. The molecular weight excluding hydrogens is 321 g/mol. The number of para-hydroxylation sites is 1. The molecule has 0 N–H and O–H groups in total. The van der Waals surface area contributed by atoms with Gasteiger partial charge >= 0.3 is 6.18 Å². The zero-order valence-corrected chi connectivity index (χ0v) is 13.1. The van der Waals surface area contributed by atoms with Crippen LogP contribution in [0, 0.1) is 0 Å². The van der Waals surface area contributed by atoms with Crippen molar-refractivity contribution in [1.82, 2.24) is 9.97 Å². The first-order valence-electron chi connectivity index (χ1n) is 7.36. The van der Waals surface area contributed by atoms with Gasteiger partial charge in [0.05, 0.1) is 35.7 Å². The summed E-state index contributed by atoms with van der Waals surface area (Å²) in [4.78, 5) is 8.46. The quantitative estimate of drug-likeness (QED) is 0.665. The number of ether oxygens (including phenoxy) is 2. The molecule has 24 heavy (non-hydrogen) atoms. The molecule has 0 saturated heterocycles. The molecule has 3 aromatic rings. The molecule has 0 amide bonds. The molecule has 0 aliphatic rings. The molecular formula is C17H15F3N2O2. The second-order valence-electron chi connectivity index (χ2n) is 5.16. The fraction of sp³-hybridized carbons (Fsp3) is 0.294. The molecule has 0 atom stereocenters. The summed E-state index contributed by atoms with van der Waals surface area (Å²) in [5, 5.41) is 0.405. The topological polar surface area (TPSA) is 44.2 Å². The van der Waals surface area contributed by atoms with Crippen molar-refractivity contribution >= 4 is 21.8 Å². The summed E-state index contributed by atoms with van der Waals surface area (Å²) in [6, 6.07) is 6.90. The summed E-state index contributed by atoms with van der Waals surface area (Å²) in [5.41, 5.74) is -0.103. The molecule has 0 unspecified atom stereocenters. The van der Waals surface area contributed by atoms with Crippen molar-refractivity contribution in [3.63, 3.8) is 0 Å². The van der Waals surface area contributed by atoms with Crippen LogP contribution in [0.15, 0.2) is 30.5 Å². The second kappa shape index (κ2) is 6.24. The summed E-state index contributed by atoms with van der Waals surface area (Å²) in [7, 11) is 1.30. The van der Waals surface area contributed by atoms with Crippen molar-refractivity contribution in [2.45, 2.75) is 19.7 Å². The summed E-state index contributed by atoms with van der Waals surface area (Å²) in [5.74, 6) is -0.0955. The van der Waals surface area contributed by atoms with Crippen LogP contribution in [0.4, 0.5) is 13.2 Å². The Morgan fingerprint density at radius 2 is 1.92 bits per heavy atom. The van der Waals surface area contributed by atoms with Crippen molar-refractivity contribution in [3.8, 4) is 5.88 Å². The molecule has 126 valence electrons. The van der Waals surface area contributed by atoms with E-state index in [4.69, 9.17) is 9.47 Å². The minimum atomic E-state index is -4.58. The third-order valence-electron chi connectivity index (χ3n) is 3.69. The predicted octanol–water partition coefficient (Wildman–Crippen LogP) is 4.35. The maximum Gasteiger partial charge on any atom is 0.417 e. The van der Waals surface area contributed by atoms with Crippen LogP contribution in [-0.4, -0.2) is 23.7 Å². The van der Waals surface area contributed by atoms with Crippen molar-refractivity contribution < 1.29 is 22.6 Å². The van der Waals surface area contributed by atoms with E-state index in [2.05, 4.69) is 9.97 Å². The Kier molecular flexibility index (Phi) is 4.28. The van der Waals surface area contributed by atoms with Gasteiger partial charge in [-0.05, 0) is 13.0 Å². The number of halogens is 3.